The van der Waals surface area contributed by atoms with Crippen LogP contribution in [0.15, 0.2) is 18.2 Å². The van der Waals surface area contributed by atoms with Crippen molar-refractivity contribution >= 4 is 23.4 Å². The molecule has 9 heteroatoms. The lowest BCUT2D eigenvalue weighted by molar-refractivity contribution is -0.152. The Morgan fingerprint density at radius 1 is 1.31 bits per heavy atom. The molecule has 0 aromatic heterocycles. The van der Waals surface area contributed by atoms with Crippen LogP contribution in [0, 0.1) is 11.7 Å². The summed E-state index contributed by atoms with van der Waals surface area (Å²) in [4.78, 5) is 24.9. The third kappa shape index (κ3) is 3.93. The number of halogens is 2. The van der Waals surface area contributed by atoms with Gasteiger partial charge in [0, 0.05) is 36.3 Å². The van der Waals surface area contributed by atoms with Crippen molar-refractivity contribution in [2.45, 2.75) is 50.2 Å². The SMILES string of the molecule is CCN1CC(C(=O)NC23CC(NC(=O)COc4ccc(Cl)c(F)c4)(C2)C3)C(C)N1. The van der Waals surface area contributed by atoms with E-state index in [4.69, 9.17) is 16.3 Å². The molecule has 7 nitrogen and oxygen atoms in total. The van der Waals surface area contributed by atoms with E-state index in [9.17, 15) is 14.0 Å². The van der Waals surface area contributed by atoms with Gasteiger partial charge in [-0.05, 0) is 38.3 Å². The molecule has 1 saturated heterocycles. The second kappa shape index (κ2) is 7.41. The molecular formula is C20H26ClFN4O3. The molecule has 4 fully saturated rings. The molecule has 0 radical (unpaired) electrons. The summed E-state index contributed by atoms with van der Waals surface area (Å²) < 4.78 is 18.7. The molecular weight excluding hydrogens is 399 g/mol. The van der Waals surface area contributed by atoms with Gasteiger partial charge in [-0.25, -0.2) is 9.40 Å². The van der Waals surface area contributed by atoms with Gasteiger partial charge in [0.1, 0.15) is 11.6 Å². The predicted octanol–water partition coefficient (Wildman–Crippen LogP) is 1.61. The number of carbonyl (C=O) groups excluding carboxylic acids is 2. The second-order valence-corrected chi connectivity index (χ2v) is 8.96. The Labute approximate surface area is 174 Å². The van der Waals surface area contributed by atoms with Crippen molar-refractivity contribution in [3.8, 4) is 5.75 Å². The van der Waals surface area contributed by atoms with Gasteiger partial charge in [-0.15, -0.1) is 0 Å². The zero-order valence-corrected chi connectivity index (χ0v) is 17.3. The van der Waals surface area contributed by atoms with Crippen LogP contribution in [0.5, 0.6) is 5.75 Å². The molecule has 2 bridgehead atoms. The minimum absolute atomic E-state index is 0.00759. The maximum atomic E-state index is 13.4. The predicted molar refractivity (Wildman–Crippen MR) is 106 cm³/mol. The molecule has 1 heterocycles. The quantitative estimate of drug-likeness (QED) is 0.619. The lowest BCUT2D eigenvalue weighted by Gasteiger charge is -2.70. The molecule has 29 heavy (non-hydrogen) atoms. The van der Waals surface area contributed by atoms with Crippen molar-refractivity contribution in [2.24, 2.45) is 5.92 Å². The summed E-state index contributed by atoms with van der Waals surface area (Å²) in [5.74, 6) is -0.581. The molecule has 158 valence electrons. The minimum Gasteiger partial charge on any atom is -0.484 e. The fourth-order valence-electron chi connectivity index (χ4n) is 4.81. The molecule has 3 N–H and O–H groups in total. The number of ether oxygens (including phenoxy) is 1. The molecule has 4 aliphatic rings. The molecule has 1 aliphatic heterocycles. The Kier molecular flexibility index (Phi) is 5.21. The standard InChI is InChI=1S/C20H26ClFN4O3/c1-3-26-7-14(12(2)25-26)18(28)24-20-9-19(10-20,11-20)23-17(27)8-29-13-4-5-15(21)16(22)6-13/h4-6,12,14,25H,3,7-11H2,1-2H3,(H,23,27)(H,24,28). The number of nitrogens with zero attached hydrogens (tertiary/aromatic N) is 1. The van der Waals surface area contributed by atoms with Crippen molar-refractivity contribution in [2.75, 3.05) is 19.7 Å². The Hall–Kier alpha value is -1.90. The fraction of sp³-hybridized carbons (Fsp3) is 0.600. The molecule has 1 aromatic carbocycles. The van der Waals surface area contributed by atoms with Crippen LogP contribution in [0.4, 0.5) is 4.39 Å². The highest BCUT2D eigenvalue weighted by Gasteiger charge is 2.69. The highest BCUT2D eigenvalue weighted by molar-refractivity contribution is 6.30. The molecule has 1 aromatic rings. The van der Waals surface area contributed by atoms with Crippen LogP contribution < -0.4 is 20.8 Å². The number of hydrazine groups is 1. The fourth-order valence-corrected chi connectivity index (χ4v) is 4.93. The lowest BCUT2D eigenvalue weighted by atomic mass is 9.44. The van der Waals surface area contributed by atoms with Crippen molar-refractivity contribution in [1.29, 1.82) is 0 Å². The Bertz CT molecular complexity index is 816. The summed E-state index contributed by atoms with van der Waals surface area (Å²) in [5.41, 5.74) is 2.86. The zero-order chi connectivity index (χ0) is 20.8. The van der Waals surface area contributed by atoms with Crippen LogP contribution in [-0.2, 0) is 9.59 Å². The van der Waals surface area contributed by atoms with Crippen LogP contribution in [0.2, 0.25) is 5.02 Å². The summed E-state index contributed by atoms with van der Waals surface area (Å²) in [6.45, 7) is 5.46. The molecule has 5 rings (SSSR count). The lowest BCUT2D eigenvalue weighted by Crippen LogP contribution is -2.84. The number of benzene rings is 1. The summed E-state index contributed by atoms with van der Waals surface area (Å²) in [5, 5.41) is 8.26. The van der Waals surface area contributed by atoms with Crippen molar-refractivity contribution in [3.05, 3.63) is 29.0 Å². The highest BCUT2D eigenvalue weighted by atomic mass is 35.5. The number of amides is 2. The van der Waals surface area contributed by atoms with Gasteiger partial charge in [0.2, 0.25) is 5.91 Å². The molecule has 3 aliphatic carbocycles. The van der Waals surface area contributed by atoms with Crippen molar-refractivity contribution in [1.82, 2.24) is 21.1 Å². The van der Waals surface area contributed by atoms with Crippen LogP contribution in [0.1, 0.15) is 33.1 Å². The van der Waals surface area contributed by atoms with Crippen LogP contribution in [-0.4, -0.2) is 53.6 Å². The van der Waals surface area contributed by atoms with E-state index in [2.05, 4.69) is 28.0 Å². The van der Waals surface area contributed by atoms with Gasteiger partial charge < -0.3 is 15.4 Å². The van der Waals surface area contributed by atoms with Gasteiger partial charge in [-0.2, -0.15) is 0 Å². The van der Waals surface area contributed by atoms with Gasteiger partial charge in [0.25, 0.3) is 5.91 Å². The highest BCUT2D eigenvalue weighted by Crippen LogP contribution is 2.60. The van der Waals surface area contributed by atoms with E-state index in [1.807, 2.05) is 6.92 Å². The topological polar surface area (TPSA) is 82.7 Å². The van der Waals surface area contributed by atoms with Crippen LogP contribution in [0.25, 0.3) is 0 Å². The number of carbonyl (C=O) groups is 2. The van der Waals surface area contributed by atoms with Crippen molar-refractivity contribution < 1.29 is 18.7 Å². The van der Waals surface area contributed by atoms with Gasteiger partial charge in [-0.3, -0.25) is 15.0 Å². The maximum absolute atomic E-state index is 13.4. The number of hydrogen-bond acceptors (Lipinski definition) is 5. The summed E-state index contributed by atoms with van der Waals surface area (Å²) in [6, 6.07) is 4.17. The molecule has 0 spiro atoms. The summed E-state index contributed by atoms with van der Waals surface area (Å²) in [6.07, 6.45) is 2.21. The third-order valence-electron chi connectivity index (χ3n) is 6.21. The smallest absolute Gasteiger partial charge is 0.258 e. The monoisotopic (exact) mass is 424 g/mol. The first-order valence-electron chi connectivity index (χ1n) is 9.95. The maximum Gasteiger partial charge on any atom is 0.258 e. The van der Waals surface area contributed by atoms with E-state index < -0.39 is 5.82 Å². The first-order valence-corrected chi connectivity index (χ1v) is 10.3. The normalized spacial score (nSPS) is 32.8. The molecule has 2 unspecified atom stereocenters. The summed E-state index contributed by atoms with van der Waals surface area (Å²) in [7, 11) is 0. The van der Waals surface area contributed by atoms with Gasteiger partial charge in [0.15, 0.2) is 6.61 Å². The minimum atomic E-state index is -0.587. The van der Waals surface area contributed by atoms with Crippen LogP contribution >= 0.6 is 11.6 Å². The van der Waals surface area contributed by atoms with E-state index in [0.29, 0.717) is 6.54 Å². The Morgan fingerprint density at radius 2 is 2.00 bits per heavy atom. The number of nitrogens with one attached hydrogen (secondary N) is 3. The van der Waals surface area contributed by atoms with E-state index in [1.54, 1.807) is 0 Å². The first-order chi connectivity index (χ1) is 13.7. The number of hydrogen-bond donors (Lipinski definition) is 3. The third-order valence-corrected chi connectivity index (χ3v) is 6.52. The van der Waals surface area contributed by atoms with E-state index >= 15 is 0 Å². The average Bonchev–Trinajstić information content (AvgIpc) is 3.01. The second-order valence-electron chi connectivity index (χ2n) is 8.56. The van der Waals surface area contributed by atoms with E-state index in [-0.39, 0.29) is 52.2 Å². The zero-order valence-electron chi connectivity index (χ0n) is 16.6. The first kappa shape index (κ1) is 20.4. The Balaban J connectivity index is 1.21. The molecule has 2 amide bonds. The van der Waals surface area contributed by atoms with E-state index in [0.717, 1.165) is 31.9 Å². The van der Waals surface area contributed by atoms with Crippen LogP contribution in [0.3, 0.4) is 0 Å². The van der Waals surface area contributed by atoms with Gasteiger partial charge in [0.05, 0.1) is 10.9 Å². The van der Waals surface area contributed by atoms with Gasteiger partial charge in [-0.1, -0.05) is 18.5 Å². The number of rotatable bonds is 7. The van der Waals surface area contributed by atoms with Crippen molar-refractivity contribution in [3.63, 3.8) is 0 Å². The molecule has 3 saturated carbocycles. The molecule has 2 atom stereocenters. The largest absolute Gasteiger partial charge is 0.484 e. The van der Waals surface area contributed by atoms with E-state index in [1.165, 1.54) is 12.1 Å². The summed E-state index contributed by atoms with van der Waals surface area (Å²) >= 11 is 5.63. The average molecular weight is 425 g/mol. The Morgan fingerprint density at radius 3 is 2.62 bits per heavy atom. The van der Waals surface area contributed by atoms with Gasteiger partial charge >= 0.3 is 0 Å².